The highest BCUT2D eigenvalue weighted by Gasteiger charge is 2.21. The van der Waals surface area contributed by atoms with E-state index in [9.17, 15) is 9.59 Å². The molecule has 1 atom stereocenters. The molecule has 0 aliphatic heterocycles. The van der Waals surface area contributed by atoms with Gasteiger partial charge in [0.2, 0.25) is 5.91 Å². The Bertz CT molecular complexity index is 656. The zero-order valence-electron chi connectivity index (χ0n) is 12.8. The predicted molar refractivity (Wildman–Crippen MR) is 91.9 cm³/mol. The van der Waals surface area contributed by atoms with E-state index in [1.807, 2.05) is 54.6 Å². The number of methoxy groups -OCH3 is 1. The summed E-state index contributed by atoms with van der Waals surface area (Å²) in [5.41, 5.74) is 1.85. The van der Waals surface area contributed by atoms with Gasteiger partial charge in [0.05, 0.1) is 13.5 Å². The fourth-order valence-corrected chi connectivity index (χ4v) is 2.48. The number of carbonyl (C=O) groups is 2. The first-order valence-corrected chi connectivity index (χ1v) is 8.03. The third-order valence-corrected chi connectivity index (χ3v) is 3.91. The Morgan fingerprint density at radius 3 is 2.30 bits per heavy atom. The van der Waals surface area contributed by atoms with Crippen molar-refractivity contribution in [3.63, 3.8) is 0 Å². The van der Waals surface area contributed by atoms with Crippen molar-refractivity contribution < 1.29 is 14.3 Å². The van der Waals surface area contributed by atoms with Gasteiger partial charge in [-0.3, -0.25) is 4.79 Å². The summed E-state index contributed by atoms with van der Waals surface area (Å²) in [5.74, 6) is -0.656. The van der Waals surface area contributed by atoms with E-state index in [-0.39, 0.29) is 12.3 Å². The van der Waals surface area contributed by atoms with Gasteiger partial charge in [0.15, 0.2) is 0 Å². The normalized spacial score (nSPS) is 11.6. The summed E-state index contributed by atoms with van der Waals surface area (Å²) in [7, 11) is 1.32. The van der Waals surface area contributed by atoms with E-state index in [4.69, 9.17) is 4.74 Å². The first kappa shape index (κ1) is 17.2. The topological polar surface area (TPSA) is 55.4 Å². The van der Waals surface area contributed by atoms with Crippen LogP contribution in [0.15, 0.2) is 59.1 Å². The van der Waals surface area contributed by atoms with Gasteiger partial charge in [-0.15, -0.1) is 0 Å². The Hall–Kier alpha value is -2.14. The maximum absolute atomic E-state index is 12.2. The quantitative estimate of drug-likeness (QED) is 0.789. The molecule has 2 aromatic rings. The van der Waals surface area contributed by atoms with Crippen LogP contribution in [0.3, 0.4) is 0 Å². The smallest absolute Gasteiger partial charge is 0.328 e. The summed E-state index contributed by atoms with van der Waals surface area (Å²) in [4.78, 5) is 24.1. The zero-order chi connectivity index (χ0) is 16.7. The highest BCUT2D eigenvalue weighted by atomic mass is 79.9. The van der Waals surface area contributed by atoms with Crippen LogP contribution < -0.4 is 5.32 Å². The van der Waals surface area contributed by atoms with Crippen molar-refractivity contribution in [2.75, 3.05) is 7.11 Å². The lowest BCUT2D eigenvalue weighted by atomic mass is 10.1. The van der Waals surface area contributed by atoms with Crippen molar-refractivity contribution in [2.45, 2.75) is 18.9 Å². The molecule has 0 radical (unpaired) electrons. The number of hydrogen-bond donors (Lipinski definition) is 1. The molecule has 0 spiro atoms. The van der Waals surface area contributed by atoms with Gasteiger partial charge in [-0.05, 0) is 23.3 Å². The number of benzene rings is 2. The lowest BCUT2D eigenvalue weighted by Gasteiger charge is -2.16. The van der Waals surface area contributed by atoms with E-state index in [2.05, 4.69) is 21.2 Å². The largest absolute Gasteiger partial charge is 0.467 e. The molecule has 0 aliphatic carbocycles. The van der Waals surface area contributed by atoms with Gasteiger partial charge < -0.3 is 10.1 Å². The number of carbonyl (C=O) groups excluding carboxylic acids is 2. The summed E-state index contributed by atoms with van der Waals surface area (Å²) in [5, 5.41) is 2.75. The molecule has 0 heterocycles. The van der Waals surface area contributed by atoms with E-state index >= 15 is 0 Å². The molecule has 0 saturated carbocycles. The standard InChI is InChI=1S/C18H18BrNO3/c1-23-18(22)16(11-13-5-3-2-4-6-13)20-17(21)12-14-7-9-15(19)10-8-14/h2-10,16H,11-12H2,1H3,(H,20,21)/t16-/m1/s1. The van der Waals surface area contributed by atoms with Gasteiger partial charge in [-0.1, -0.05) is 58.4 Å². The molecule has 0 aromatic heterocycles. The number of hydrogen-bond acceptors (Lipinski definition) is 3. The molecule has 0 unspecified atom stereocenters. The van der Waals surface area contributed by atoms with Crippen LogP contribution in [0, 0.1) is 0 Å². The average molecular weight is 376 g/mol. The number of nitrogens with one attached hydrogen (secondary N) is 1. The highest BCUT2D eigenvalue weighted by Crippen LogP contribution is 2.11. The van der Waals surface area contributed by atoms with Crippen LogP contribution in [-0.2, 0) is 27.2 Å². The first-order chi connectivity index (χ1) is 11.1. The zero-order valence-corrected chi connectivity index (χ0v) is 14.4. The maximum Gasteiger partial charge on any atom is 0.328 e. The fraction of sp³-hybridized carbons (Fsp3) is 0.222. The first-order valence-electron chi connectivity index (χ1n) is 7.24. The predicted octanol–water partition coefficient (Wildman–Crippen LogP) is 2.89. The minimum Gasteiger partial charge on any atom is -0.467 e. The number of rotatable bonds is 6. The van der Waals surface area contributed by atoms with Gasteiger partial charge in [-0.2, -0.15) is 0 Å². The Balaban J connectivity index is 2.00. The molecule has 2 aromatic carbocycles. The number of amides is 1. The van der Waals surface area contributed by atoms with E-state index in [1.165, 1.54) is 7.11 Å². The van der Waals surface area contributed by atoms with Gasteiger partial charge in [-0.25, -0.2) is 4.79 Å². The van der Waals surface area contributed by atoms with Crippen LogP contribution in [-0.4, -0.2) is 25.0 Å². The van der Waals surface area contributed by atoms with Crippen molar-refractivity contribution in [3.05, 3.63) is 70.2 Å². The summed E-state index contributed by atoms with van der Waals surface area (Å²) in [6.45, 7) is 0. The molecular weight excluding hydrogens is 358 g/mol. The Kier molecular flexibility index (Phi) is 6.35. The second-order valence-electron chi connectivity index (χ2n) is 5.14. The lowest BCUT2D eigenvalue weighted by Crippen LogP contribution is -2.43. The molecule has 0 fully saturated rings. The second kappa shape index (κ2) is 8.48. The van der Waals surface area contributed by atoms with Crippen LogP contribution in [0.1, 0.15) is 11.1 Å². The molecule has 1 amide bonds. The van der Waals surface area contributed by atoms with Gasteiger partial charge in [0, 0.05) is 10.9 Å². The van der Waals surface area contributed by atoms with Crippen LogP contribution in [0.4, 0.5) is 0 Å². The molecule has 120 valence electrons. The minimum atomic E-state index is -0.689. The molecular formula is C18H18BrNO3. The van der Waals surface area contributed by atoms with E-state index < -0.39 is 12.0 Å². The number of esters is 1. The van der Waals surface area contributed by atoms with E-state index in [0.717, 1.165) is 15.6 Å². The van der Waals surface area contributed by atoms with Crippen molar-refractivity contribution >= 4 is 27.8 Å². The Morgan fingerprint density at radius 2 is 1.70 bits per heavy atom. The summed E-state index contributed by atoms with van der Waals surface area (Å²) in [6.07, 6.45) is 0.620. The van der Waals surface area contributed by atoms with E-state index in [0.29, 0.717) is 6.42 Å². The van der Waals surface area contributed by atoms with Crippen molar-refractivity contribution in [2.24, 2.45) is 0 Å². The molecule has 1 N–H and O–H groups in total. The van der Waals surface area contributed by atoms with Crippen molar-refractivity contribution in [3.8, 4) is 0 Å². The Morgan fingerprint density at radius 1 is 1.04 bits per heavy atom. The molecule has 4 nitrogen and oxygen atoms in total. The molecule has 2 rings (SSSR count). The minimum absolute atomic E-state index is 0.210. The maximum atomic E-state index is 12.2. The SMILES string of the molecule is COC(=O)[C@@H](Cc1ccccc1)NC(=O)Cc1ccc(Br)cc1. The number of ether oxygens (including phenoxy) is 1. The van der Waals surface area contributed by atoms with Crippen molar-refractivity contribution in [1.82, 2.24) is 5.32 Å². The highest BCUT2D eigenvalue weighted by molar-refractivity contribution is 9.10. The van der Waals surface area contributed by atoms with E-state index in [1.54, 1.807) is 0 Å². The van der Waals surface area contributed by atoms with Crippen LogP contribution in [0.25, 0.3) is 0 Å². The molecule has 0 saturated heterocycles. The van der Waals surface area contributed by atoms with Gasteiger partial charge in [0.25, 0.3) is 0 Å². The average Bonchev–Trinajstić information content (AvgIpc) is 2.56. The van der Waals surface area contributed by atoms with Gasteiger partial charge in [0.1, 0.15) is 6.04 Å². The van der Waals surface area contributed by atoms with Crippen LogP contribution in [0.5, 0.6) is 0 Å². The summed E-state index contributed by atoms with van der Waals surface area (Å²) in [6, 6.07) is 16.3. The molecule has 5 heteroatoms. The van der Waals surface area contributed by atoms with Crippen molar-refractivity contribution in [1.29, 1.82) is 0 Å². The van der Waals surface area contributed by atoms with Crippen LogP contribution in [0.2, 0.25) is 0 Å². The van der Waals surface area contributed by atoms with Gasteiger partial charge >= 0.3 is 5.97 Å². The summed E-state index contributed by atoms with van der Waals surface area (Å²) < 4.78 is 5.75. The molecule has 23 heavy (non-hydrogen) atoms. The molecule has 0 bridgehead atoms. The summed E-state index contributed by atoms with van der Waals surface area (Å²) >= 11 is 3.36. The monoisotopic (exact) mass is 375 g/mol. The number of halogens is 1. The third-order valence-electron chi connectivity index (χ3n) is 3.38. The second-order valence-corrected chi connectivity index (χ2v) is 6.05. The Labute approximate surface area is 144 Å². The third kappa shape index (κ3) is 5.53. The van der Waals surface area contributed by atoms with Crippen LogP contribution >= 0.6 is 15.9 Å². The fourth-order valence-electron chi connectivity index (χ4n) is 2.22. The lowest BCUT2D eigenvalue weighted by molar-refractivity contribution is -0.145. The molecule has 0 aliphatic rings.